The number of ether oxygens (including phenoxy) is 3. The lowest BCUT2D eigenvalue weighted by atomic mass is 9.74. The summed E-state index contributed by atoms with van der Waals surface area (Å²) in [6.07, 6.45) is -3.83. The Morgan fingerprint density at radius 3 is 2.47 bits per heavy atom. The van der Waals surface area contributed by atoms with E-state index < -0.39 is 54.2 Å². The molecule has 15 heteroatoms. The number of hydrogen-bond acceptors (Lipinski definition) is 13. The summed E-state index contributed by atoms with van der Waals surface area (Å²) in [5.74, 6) is -3.16. The van der Waals surface area contributed by atoms with E-state index in [1.165, 1.54) is 42.5 Å². The van der Waals surface area contributed by atoms with E-state index >= 15 is 0 Å². The van der Waals surface area contributed by atoms with Crippen LogP contribution in [0.5, 0.6) is 17.2 Å². The molecule has 0 bridgehead atoms. The van der Waals surface area contributed by atoms with Crippen molar-refractivity contribution in [2.45, 2.75) is 56.1 Å². The predicted octanol–water partition coefficient (Wildman–Crippen LogP) is 0.538. The number of amides is 1. The molecular weight excluding hydrogens is 642 g/mol. The van der Waals surface area contributed by atoms with Crippen LogP contribution in [-0.2, 0) is 19.1 Å². The fourth-order valence-corrected chi connectivity index (χ4v) is 6.11. The maximum absolute atomic E-state index is 12.4. The van der Waals surface area contributed by atoms with Gasteiger partial charge < -0.3 is 55.9 Å². The quantitative estimate of drug-likeness (QED) is 0.135. The van der Waals surface area contributed by atoms with Gasteiger partial charge in [0.2, 0.25) is 12.4 Å². The fraction of sp³-hybridized carbons (Fsp3) is 0.412. The zero-order chi connectivity index (χ0) is 35.7. The van der Waals surface area contributed by atoms with Gasteiger partial charge in [0.25, 0.3) is 5.91 Å². The van der Waals surface area contributed by atoms with Crippen molar-refractivity contribution in [2.24, 2.45) is 22.6 Å². The minimum absolute atomic E-state index is 0.0208. The largest absolute Gasteiger partial charge is 0.508 e. The smallest absolute Gasteiger partial charge is 0.335 e. The normalized spacial score (nSPS) is 28.4. The highest BCUT2D eigenvalue weighted by Gasteiger charge is 2.67. The number of aliphatic hydroxyl groups excluding tert-OH is 2. The molecule has 0 aliphatic carbocycles. The molecule has 3 aliphatic heterocycles. The van der Waals surface area contributed by atoms with E-state index in [4.69, 9.17) is 19.9 Å². The summed E-state index contributed by atoms with van der Waals surface area (Å²) in [5.41, 5.74) is 1.30. The average molecular weight is 682 g/mol. The second-order valence-electron chi connectivity index (χ2n) is 12.6. The maximum atomic E-state index is 12.4. The third-order valence-corrected chi connectivity index (χ3v) is 9.12. The van der Waals surface area contributed by atoms with Crippen LogP contribution in [0.1, 0.15) is 31.4 Å². The van der Waals surface area contributed by atoms with Crippen LogP contribution in [0, 0.1) is 11.8 Å². The highest BCUT2D eigenvalue weighted by molar-refractivity contribution is 6.03. The Morgan fingerprint density at radius 2 is 1.88 bits per heavy atom. The number of phenolic OH excluding ortho intramolecular Hbond substituents is 1. The molecule has 1 unspecified atom stereocenters. The second-order valence-corrected chi connectivity index (χ2v) is 12.6. The number of nitrogens with one attached hydrogen (secondary N) is 1. The number of fused-ring (bicyclic) bond motifs is 1. The number of aldehydes is 1. The molecule has 0 spiro atoms. The van der Waals surface area contributed by atoms with E-state index in [1.807, 2.05) is 19.9 Å². The number of carbonyl (C=O) groups excluding carboxylic acids is 2. The van der Waals surface area contributed by atoms with Gasteiger partial charge in [0.15, 0.2) is 23.6 Å². The van der Waals surface area contributed by atoms with Gasteiger partial charge in [0.05, 0.1) is 17.7 Å². The Morgan fingerprint density at radius 1 is 1.16 bits per heavy atom. The number of allylic oxidation sites excluding steroid dienone is 1. The molecule has 3 aliphatic rings. The van der Waals surface area contributed by atoms with Crippen molar-refractivity contribution in [1.82, 2.24) is 5.32 Å². The van der Waals surface area contributed by atoms with Gasteiger partial charge in [-0.15, -0.1) is 0 Å². The van der Waals surface area contributed by atoms with Gasteiger partial charge in [-0.2, -0.15) is 0 Å². The molecule has 5 rings (SSSR count). The molecule has 15 nitrogen and oxygen atoms in total. The molecular formula is C34H39N3O12. The van der Waals surface area contributed by atoms with Gasteiger partial charge in [0, 0.05) is 18.8 Å². The first-order valence-electron chi connectivity index (χ1n) is 15.6. The minimum Gasteiger partial charge on any atom is -0.508 e. The molecule has 262 valence electrons. The molecule has 0 radical (unpaired) electrons. The van der Waals surface area contributed by atoms with Crippen LogP contribution in [0.15, 0.2) is 59.1 Å². The Balaban J connectivity index is 1.46. The van der Waals surface area contributed by atoms with Crippen LogP contribution in [0.25, 0.3) is 11.3 Å². The minimum atomic E-state index is -3.08. The highest BCUT2D eigenvalue weighted by Crippen LogP contribution is 2.43. The molecule has 7 atom stereocenters. The van der Waals surface area contributed by atoms with E-state index in [1.54, 1.807) is 6.21 Å². The lowest BCUT2D eigenvalue weighted by Crippen LogP contribution is -2.79. The summed E-state index contributed by atoms with van der Waals surface area (Å²) in [7, 11) is 0. The monoisotopic (exact) mass is 681 g/mol. The van der Waals surface area contributed by atoms with E-state index in [-0.39, 0.29) is 58.8 Å². The Hall–Kier alpha value is -4.80. The van der Waals surface area contributed by atoms with E-state index in [0.29, 0.717) is 18.5 Å². The van der Waals surface area contributed by atoms with Crippen molar-refractivity contribution in [1.29, 1.82) is 0 Å². The third kappa shape index (κ3) is 6.75. The summed E-state index contributed by atoms with van der Waals surface area (Å²) >= 11 is 0. The van der Waals surface area contributed by atoms with E-state index in [9.17, 15) is 45.0 Å². The Kier molecular flexibility index (Phi) is 10.1. The number of carbonyl (C=O) groups is 3. The number of benzene rings is 2. The molecule has 49 heavy (non-hydrogen) atoms. The summed E-state index contributed by atoms with van der Waals surface area (Å²) in [6, 6.07) is 9.49. The first kappa shape index (κ1) is 35.5. The zero-order valence-corrected chi connectivity index (χ0v) is 26.7. The zero-order valence-electron chi connectivity index (χ0n) is 26.7. The number of aliphatic imine (C=N–C) groups is 1. The van der Waals surface area contributed by atoms with Crippen LogP contribution in [0.4, 0.5) is 0 Å². The number of nitrogens with two attached hydrogens (primary N) is 1. The van der Waals surface area contributed by atoms with Crippen LogP contribution >= 0.6 is 0 Å². The molecule has 3 heterocycles. The molecule has 2 aromatic rings. The second kappa shape index (κ2) is 14.0. The molecule has 1 saturated heterocycles. The summed E-state index contributed by atoms with van der Waals surface area (Å²) < 4.78 is 17.2. The number of hydrogen-bond donors (Lipinski definition) is 8. The SMILES string of the molecule is CC(C)[C@H](CNC[C@]1(O)[C@H](Oc2ccc3c(c2)OC(C(N)=O)C(c2ccc(O)cc2)=C3O)O[C@H](C(=O)O)[C@@H](O)[C@@]1(O)C=O)CC1=CCN=C1. The van der Waals surface area contributed by atoms with Crippen LogP contribution in [-0.4, -0.2) is 110 Å². The van der Waals surface area contributed by atoms with Crippen molar-refractivity contribution in [3.63, 3.8) is 0 Å². The molecule has 9 N–H and O–H groups in total. The van der Waals surface area contributed by atoms with Crippen molar-refractivity contribution < 1.29 is 59.2 Å². The van der Waals surface area contributed by atoms with Gasteiger partial charge >= 0.3 is 5.97 Å². The number of aromatic hydroxyl groups is 1. The van der Waals surface area contributed by atoms with Crippen LogP contribution < -0.4 is 20.5 Å². The number of nitrogens with zero attached hydrogens (tertiary/aromatic N) is 1. The van der Waals surface area contributed by atoms with Crippen molar-refractivity contribution in [3.05, 3.63) is 65.2 Å². The lowest BCUT2D eigenvalue weighted by Gasteiger charge is -2.51. The number of phenols is 1. The lowest BCUT2D eigenvalue weighted by molar-refractivity contribution is -0.334. The summed E-state index contributed by atoms with van der Waals surface area (Å²) in [4.78, 5) is 41.0. The topological polar surface area (TPSA) is 251 Å². The summed E-state index contributed by atoms with van der Waals surface area (Å²) in [6.45, 7) is 4.30. The molecule has 0 aromatic heterocycles. The number of aliphatic carboxylic acids is 1. The molecule has 2 aromatic carbocycles. The third-order valence-electron chi connectivity index (χ3n) is 9.12. The van der Waals surface area contributed by atoms with Gasteiger partial charge in [0.1, 0.15) is 29.1 Å². The van der Waals surface area contributed by atoms with Crippen molar-refractivity contribution in [2.75, 3.05) is 19.6 Å². The van der Waals surface area contributed by atoms with Crippen LogP contribution in [0.2, 0.25) is 0 Å². The Bertz CT molecular complexity index is 1690. The summed E-state index contributed by atoms with van der Waals surface area (Å²) in [5, 5.41) is 67.8. The van der Waals surface area contributed by atoms with Gasteiger partial charge in [-0.05, 0) is 60.2 Å². The number of primary amides is 1. The number of rotatable bonds is 13. The maximum Gasteiger partial charge on any atom is 0.335 e. The first-order valence-corrected chi connectivity index (χ1v) is 15.6. The Labute approximate surface area is 280 Å². The van der Waals surface area contributed by atoms with Gasteiger partial charge in [-0.1, -0.05) is 32.1 Å². The number of carboxylic acids is 1. The van der Waals surface area contributed by atoms with Crippen molar-refractivity contribution in [3.8, 4) is 17.2 Å². The number of carboxylic acid groups (broad SMARTS) is 1. The predicted molar refractivity (Wildman–Crippen MR) is 174 cm³/mol. The molecule has 1 fully saturated rings. The number of aliphatic hydroxyl groups is 4. The first-order chi connectivity index (χ1) is 23.2. The fourth-order valence-electron chi connectivity index (χ4n) is 6.11. The highest BCUT2D eigenvalue weighted by atomic mass is 16.7. The van der Waals surface area contributed by atoms with Crippen LogP contribution in [0.3, 0.4) is 0 Å². The van der Waals surface area contributed by atoms with Crippen molar-refractivity contribution >= 4 is 35.7 Å². The van der Waals surface area contributed by atoms with Gasteiger partial charge in [-0.25, -0.2) is 4.79 Å². The molecule has 1 amide bonds. The standard InChI is InChI=1S/C34H39N3O12/c1-17(2)20(11-18-9-10-36-13-18)14-37-15-33(45)32(49-28(31(43)44)29(41)34(33,46)16-38)47-22-7-8-23-24(12-22)48-27(30(35)42)25(26(23)40)19-3-5-21(39)6-4-19/h3-9,12-13,16-17,20,27-29,32,37,39-41,45-46H,10-11,14-15H2,1-2H3,(H2,35,42)(H,43,44)/t20-,27?,28-,29+,32+,33-,34-/m0/s1. The average Bonchev–Trinajstić information content (AvgIpc) is 3.58. The van der Waals surface area contributed by atoms with E-state index in [0.717, 1.165) is 5.57 Å². The van der Waals surface area contributed by atoms with Gasteiger partial charge in [-0.3, -0.25) is 14.6 Å². The molecule has 0 saturated carbocycles. The van der Waals surface area contributed by atoms with E-state index in [2.05, 4.69) is 10.3 Å².